The van der Waals surface area contributed by atoms with E-state index in [2.05, 4.69) is 13.8 Å². The number of Topliss-reactive ketones (excluding diaryl/α,β-unsaturated/α-hetero) is 1. The fourth-order valence-corrected chi connectivity index (χ4v) is 7.24. The van der Waals surface area contributed by atoms with Crippen LogP contribution in [0, 0.1) is 35.5 Å². The van der Waals surface area contributed by atoms with Crippen LogP contribution < -0.4 is 0 Å². The molecule has 3 aliphatic rings. The molecule has 0 aromatic rings. The Labute approximate surface area is 182 Å². The van der Waals surface area contributed by atoms with Crippen molar-refractivity contribution in [3.63, 3.8) is 0 Å². The van der Waals surface area contributed by atoms with Gasteiger partial charge in [0, 0.05) is 12.3 Å². The molecule has 4 atom stereocenters. The number of unbranched alkanes of at least 4 members (excludes halogenated alkanes) is 5. The Kier molecular flexibility index (Phi) is 10.1. The van der Waals surface area contributed by atoms with Gasteiger partial charge in [-0.1, -0.05) is 65.2 Å². The lowest BCUT2D eigenvalue weighted by molar-refractivity contribution is -0.124. The van der Waals surface area contributed by atoms with Crippen molar-refractivity contribution in [3.05, 3.63) is 0 Å². The van der Waals surface area contributed by atoms with Gasteiger partial charge in [-0.05, 0) is 93.8 Å². The molecule has 0 amide bonds. The van der Waals surface area contributed by atoms with E-state index in [1.54, 1.807) is 6.42 Å². The van der Waals surface area contributed by atoms with Crippen LogP contribution in [0.4, 0.5) is 0 Å². The molecule has 0 N–H and O–H groups in total. The van der Waals surface area contributed by atoms with Crippen LogP contribution in [0.3, 0.4) is 0 Å². The van der Waals surface area contributed by atoms with Crippen LogP contribution in [0.5, 0.6) is 0 Å². The van der Waals surface area contributed by atoms with Gasteiger partial charge in [-0.25, -0.2) is 0 Å². The molecule has 0 spiro atoms. The van der Waals surface area contributed by atoms with E-state index in [0.29, 0.717) is 11.7 Å². The Hall–Kier alpha value is -0.330. The highest BCUT2D eigenvalue weighted by Crippen LogP contribution is 2.49. The highest BCUT2D eigenvalue weighted by atomic mass is 16.1. The molecule has 1 heteroatoms. The molecule has 3 saturated carbocycles. The van der Waals surface area contributed by atoms with Gasteiger partial charge in [0.25, 0.3) is 0 Å². The van der Waals surface area contributed by atoms with Crippen molar-refractivity contribution in [2.24, 2.45) is 35.5 Å². The lowest BCUT2D eigenvalue weighted by Crippen LogP contribution is -2.35. The average molecular weight is 403 g/mol. The third-order valence-electron chi connectivity index (χ3n) is 9.15. The van der Waals surface area contributed by atoms with Crippen molar-refractivity contribution < 1.29 is 4.79 Å². The fourth-order valence-electron chi connectivity index (χ4n) is 7.24. The van der Waals surface area contributed by atoms with Crippen molar-refractivity contribution in [2.75, 3.05) is 0 Å². The second-order valence-electron chi connectivity index (χ2n) is 11.2. The highest BCUT2D eigenvalue weighted by molar-refractivity contribution is 5.81. The summed E-state index contributed by atoms with van der Waals surface area (Å²) in [6.07, 6.45) is 25.9. The molecule has 1 nitrogen and oxygen atoms in total. The number of hydrogen-bond acceptors (Lipinski definition) is 1. The molecule has 3 aliphatic carbocycles. The van der Waals surface area contributed by atoms with Crippen LogP contribution in [-0.4, -0.2) is 5.78 Å². The molecule has 0 aliphatic heterocycles. The first kappa shape index (κ1) is 23.3. The molecule has 0 radical (unpaired) electrons. The zero-order valence-electron chi connectivity index (χ0n) is 19.8. The maximum absolute atomic E-state index is 12.6. The minimum atomic E-state index is 0.419. The molecule has 168 valence electrons. The average Bonchev–Trinajstić information content (AvgIpc) is 2.76. The largest absolute Gasteiger partial charge is 0.299 e. The van der Waals surface area contributed by atoms with Crippen molar-refractivity contribution in [1.29, 1.82) is 0 Å². The summed E-state index contributed by atoms with van der Waals surface area (Å²) in [7, 11) is 0. The van der Waals surface area contributed by atoms with Crippen LogP contribution in [0.25, 0.3) is 0 Å². The molecule has 3 fully saturated rings. The maximum Gasteiger partial charge on any atom is 0.135 e. The first-order chi connectivity index (χ1) is 14.2. The van der Waals surface area contributed by atoms with E-state index in [1.165, 1.54) is 103 Å². The van der Waals surface area contributed by atoms with Crippen LogP contribution >= 0.6 is 0 Å². The number of hydrogen-bond donors (Lipinski definition) is 0. The van der Waals surface area contributed by atoms with E-state index in [9.17, 15) is 4.79 Å². The molecule has 0 aromatic heterocycles. The number of fused-ring (bicyclic) bond motifs is 1. The number of carbonyl (C=O) groups is 1. The van der Waals surface area contributed by atoms with E-state index in [0.717, 1.165) is 42.4 Å². The molecule has 0 heterocycles. The minimum Gasteiger partial charge on any atom is -0.299 e. The summed E-state index contributed by atoms with van der Waals surface area (Å²) < 4.78 is 0. The summed E-state index contributed by atoms with van der Waals surface area (Å²) in [6.45, 7) is 4.57. The summed E-state index contributed by atoms with van der Waals surface area (Å²) in [5.41, 5.74) is 0. The zero-order valence-corrected chi connectivity index (χ0v) is 19.8. The van der Waals surface area contributed by atoms with Gasteiger partial charge in [-0.2, -0.15) is 0 Å². The van der Waals surface area contributed by atoms with E-state index < -0.39 is 0 Å². The highest BCUT2D eigenvalue weighted by Gasteiger charge is 2.39. The molecular weight excluding hydrogens is 352 g/mol. The minimum absolute atomic E-state index is 0.419. The second-order valence-corrected chi connectivity index (χ2v) is 11.2. The molecule has 0 aromatic carbocycles. The topological polar surface area (TPSA) is 17.1 Å². The first-order valence-electron chi connectivity index (χ1n) is 13.7. The van der Waals surface area contributed by atoms with Crippen LogP contribution in [0.15, 0.2) is 0 Å². The Balaban J connectivity index is 1.35. The van der Waals surface area contributed by atoms with Crippen molar-refractivity contribution in [3.8, 4) is 0 Å². The molecule has 29 heavy (non-hydrogen) atoms. The maximum atomic E-state index is 12.6. The Morgan fingerprint density at radius 2 is 1.21 bits per heavy atom. The van der Waals surface area contributed by atoms with Gasteiger partial charge in [0.05, 0.1) is 0 Å². The van der Waals surface area contributed by atoms with Crippen LogP contribution in [-0.2, 0) is 4.79 Å². The third kappa shape index (κ3) is 7.10. The van der Waals surface area contributed by atoms with Crippen LogP contribution in [0.2, 0.25) is 0 Å². The monoisotopic (exact) mass is 402 g/mol. The normalized spacial score (nSPS) is 35.2. The van der Waals surface area contributed by atoms with E-state index in [4.69, 9.17) is 0 Å². The zero-order chi connectivity index (χ0) is 20.5. The van der Waals surface area contributed by atoms with Gasteiger partial charge in [-0.3, -0.25) is 4.79 Å². The fraction of sp³-hybridized carbons (Fsp3) is 0.964. The van der Waals surface area contributed by atoms with Gasteiger partial charge in [0.1, 0.15) is 5.78 Å². The molecule has 3 rings (SSSR count). The Morgan fingerprint density at radius 3 is 1.93 bits per heavy atom. The quantitative estimate of drug-likeness (QED) is 0.316. The Bertz CT molecular complexity index is 461. The van der Waals surface area contributed by atoms with Gasteiger partial charge >= 0.3 is 0 Å². The molecule has 0 bridgehead atoms. The van der Waals surface area contributed by atoms with Gasteiger partial charge in [0.15, 0.2) is 0 Å². The number of rotatable bonds is 11. The number of ketones is 1. The standard InChI is InChI=1S/C28H50O/c1-3-5-7-9-11-28(29)24-16-14-23(15-17-24)26-19-18-25-20-22(10-8-6-4-2)12-13-27(25)21-26/h22-27H,3-21H2,1-2H3/t22-,23?,24?,25-,26+,27+/m0/s1. The SMILES string of the molecule is CCCCCCC(=O)C1CCC([C@@H]2CC[C@H]3C[C@@H](CCCCC)CC[C@@H]3C2)CC1. The van der Waals surface area contributed by atoms with Gasteiger partial charge in [-0.15, -0.1) is 0 Å². The summed E-state index contributed by atoms with van der Waals surface area (Å²) in [5.74, 6) is 6.13. The van der Waals surface area contributed by atoms with Crippen molar-refractivity contribution >= 4 is 5.78 Å². The summed E-state index contributed by atoms with van der Waals surface area (Å²) in [4.78, 5) is 12.6. The van der Waals surface area contributed by atoms with Gasteiger partial charge in [0.2, 0.25) is 0 Å². The van der Waals surface area contributed by atoms with Crippen molar-refractivity contribution in [1.82, 2.24) is 0 Å². The van der Waals surface area contributed by atoms with E-state index >= 15 is 0 Å². The van der Waals surface area contributed by atoms with E-state index in [1.807, 2.05) is 0 Å². The predicted molar refractivity (Wildman–Crippen MR) is 125 cm³/mol. The Morgan fingerprint density at radius 1 is 0.621 bits per heavy atom. The summed E-state index contributed by atoms with van der Waals surface area (Å²) >= 11 is 0. The lowest BCUT2D eigenvalue weighted by atomic mass is 9.60. The number of carbonyl (C=O) groups excluding carboxylic acids is 1. The first-order valence-corrected chi connectivity index (χ1v) is 13.7. The third-order valence-corrected chi connectivity index (χ3v) is 9.15. The smallest absolute Gasteiger partial charge is 0.135 e. The van der Waals surface area contributed by atoms with Crippen LogP contribution in [0.1, 0.15) is 136 Å². The molecule has 0 unspecified atom stereocenters. The lowest BCUT2D eigenvalue weighted by Gasteiger charge is -2.45. The molecular formula is C28H50O. The van der Waals surface area contributed by atoms with E-state index in [-0.39, 0.29) is 0 Å². The summed E-state index contributed by atoms with van der Waals surface area (Å²) in [5, 5.41) is 0. The predicted octanol–water partition coefficient (Wildman–Crippen LogP) is 8.75. The second kappa shape index (κ2) is 12.5. The summed E-state index contributed by atoms with van der Waals surface area (Å²) in [6, 6.07) is 0. The molecule has 0 saturated heterocycles. The van der Waals surface area contributed by atoms with Gasteiger partial charge < -0.3 is 0 Å². The van der Waals surface area contributed by atoms with Crippen molar-refractivity contribution in [2.45, 2.75) is 136 Å².